The van der Waals surface area contributed by atoms with Gasteiger partial charge in [0.1, 0.15) is 11.5 Å². The molecule has 5 heteroatoms. The second-order valence-electron chi connectivity index (χ2n) is 3.86. The molecule has 0 aromatic heterocycles. The second-order valence-corrected chi connectivity index (χ2v) is 4.64. The highest BCUT2D eigenvalue weighted by atomic mass is 32.4. The van der Waals surface area contributed by atoms with Crippen LogP contribution in [0.1, 0.15) is 5.56 Å². The summed E-state index contributed by atoms with van der Waals surface area (Å²) in [5, 5.41) is 3.34. The van der Waals surface area contributed by atoms with Crippen molar-refractivity contribution >= 4 is 25.1 Å². The van der Waals surface area contributed by atoms with E-state index in [0.717, 1.165) is 22.7 Å². The Labute approximate surface area is 119 Å². The van der Waals surface area contributed by atoms with Crippen LogP contribution in [-0.4, -0.2) is 7.11 Å². The average molecular weight is 291 g/mol. The molecule has 0 aliphatic carbocycles. The van der Waals surface area contributed by atoms with E-state index in [1.807, 2.05) is 48.5 Å². The molecule has 0 spiro atoms. The van der Waals surface area contributed by atoms with Crippen LogP contribution in [0.5, 0.6) is 11.5 Å². The topological polar surface area (TPSA) is 30.5 Å². The molecule has 0 atom stereocenters. The summed E-state index contributed by atoms with van der Waals surface area (Å²) in [5.41, 5.74) is 2.15. The number of benzene rings is 2. The van der Waals surface area contributed by atoms with Crippen molar-refractivity contribution in [2.75, 3.05) is 12.4 Å². The van der Waals surface area contributed by atoms with Gasteiger partial charge in [-0.25, -0.2) is 0 Å². The maximum atomic E-state index is 5.36. The first-order valence-corrected chi connectivity index (χ1v) is 7.61. The van der Waals surface area contributed by atoms with Gasteiger partial charge < -0.3 is 14.6 Å². The molecule has 0 aliphatic rings. The van der Waals surface area contributed by atoms with Crippen LogP contribution < -0.4 is 14.6 Å². The number of rotatable bonds is 6. The molecule has 2 aromatic rings. The Kier molecular flexibility index (Phi) is 5.13. The molecule has 0 heterocycles. The lowest BCUT2D eigenvalue weighted by molar-refractivity contribution is 0.408. The molecule has 0 aliphatic heterocycles. The highest BCUT2D eigenvalue weighted by Crippen LogP contribution is 2.27. The van der Waals surface area contributed by atoms with E-state index in [4.69, 9.17) is 21.1 Å². The summed E-state index contributed by atoms with van der Waals surface area (Å²) in [6.45, 7) is 0.694. The van der Waals surface area contributed by atoms with Gasteiger partial charge in [0.25, 0.3) is 0 Å². The summed E-state index contributed by atoms with van der Waals surface area (Å²) in [7, 11) is 2.11. The molecule has 0 amide bonds. The third-order valence-electron chi connectivity index (χ3n) is 2.66. The summed E-state index contributed by atoms with van der Waals surface area (Å²) >= 11 is 4.76. The third kappa shape index (κ3) is 3.91. The summed E-state index contributed by atoms with van der Waals surface area (Å²) in [4.78, 5) is 0. The van der Waals surface area contributed by atoms with Crippen molar-refractivity contribution in [2.45, 2.75) is 6.54 Å². The van der Waals surface area contributed by atoms with Gasteiger partial charge >= 0.3 is 0 Å². The van der Waals surface area contributed by atoms with Gasteiger partial charge in [-0.15, -0.1) is 0 Å². The molecule has 0 bridgehead atoms. The lowest BCUT2D eigenvalue weighted by Crippen LogP contribution is -2.01. The van der Waals surface area contributed by atoms with Crippen LogP contribution in [0.3, 0.4) is 0 Å². The quantitative estimate of drug-likeness (QED) is 0.815. The minimum Gasteiger partial charge on any atom is -0.496 e. The van der Waals surface area contributed by atoms with Crippen molar-refractivity contribution in [2.24, 2.45) is 0 Å². The van der Waals surface area contributed by atoms with Crippen LogP contribution in [-0.2, 0) is 18.4 Å². The molecule has 19 heavy (non-hydrogen) atoms. The van der Waals surface area contributed by atoms with E-state index in [1.54, 1.807) is 7.11 Å². The molecule has 2 rings (SSSR count). The molecule has 3 nitrogen and oxygen atoms in total. The highest BCUT2D eigenvalue weighted by molar-refractivity contribution is 7.94. The maximum absolute atomic E-state index is 5.36. The fourth-order valence-corrected chi connectivity index (χ4v) is 2.18. The smallest absolute Gasteiger partial charge is 0.205 e. The maximum Gasteiger partial charge on any atom is 0.205 e. The number of methoxy groups -OCH3 is 1. The molecule has 1 N–H and O–H groups in total. The predicted octanol–water partition coefficient (Wildman–Crippen LogP) is 4.01. The number of hydrogen-bond donors (Lipinski definition) is 1. The van der Waals surface area contributed by atoms with Gasteiger partial charge in [-0.3, -0.25) is 0 Å². The Bertz CT molecular complexity index is 548. The fourth-order valence-electron chi connectivity index (χ4n) is 1.72. The molecule has 0 radical (unpaired) electrons. The van der Waals surface area contributed by atoms with Crippen molar-refractivity contribution < 1.29 is 9.26 Å². The van der Waals surface area contributed by atoms with Crippen molar-refractivity contribution in [1.82, 2.24) is 0 Å². The molecule has 0 saturated heterocycles. The van der Waals surface area contributed by atoms with E-state index in [9.17, 15) is 0 Å². The van der Waals surface area contributed by atoms with Crippen molar-refractivity contribution in [3.63, 3.8) is 0 Å². The first-order valence-electron chi connectivity index (χ1n) is 5.79. The third-order valence-corrected chi connectivity index (χ3v) is 3.17. The molecule has 0 saturated carbocycles. The zero-order valence-corrected chi connectivity index (χ0v) is 12.2. The van der Waals surface area contributed by atoms with Crippen LogP contribution in [0.4, 0.5) is 5.69 Å². The molecule has 0 fully saturated rings. The van der Waals surface area contributed by atoms with Gasteiger partial charge in [0.2, 0.25) is 7.58 Å². The second kappa shape index (κ2) is 7.07. The SMILES string of the molecule is COc1cc(OP=S)ccc1CNc1ccccc1. The van der Waals surface area contributed by atoms with E-state index in [-0.39, 0.29) is 0 Å². The van der Waals surface area contributed by atoms with Gasteiger partial charge in [0.15, 0.2) is 0 Å². The summed E-state index contributed by atoms with van der Waals surface area (Å²) in [6.07, 6.45) is 0. The molecule has 2 aromatic carbocycles. The molecular weight excluding hydrogens is 277 g/mol. The fraction of sp³-hybridized carbons (Fsp3) is 0.143. The Hall–Kier alpha value is -1.64. The monoisotopic (exact) mass is 291 g/mol. The number of nitrogens with one attached hydrogen (secondary N) is 1. The van der Waals surface area contributed by atoms with E-state index in [2.05, 4.69) is 5.32 Å². The van der Waals surface area contributed by atoms with E-state index >= 15 is 0 Å². The predicted molar refractivity (Wildman–Crippen MR) is 81.7 cm³/mol. The highest BCUT2D eigenvalue weighted by Gasteiger charge is 2.05. The number of para-hydroxylation sites is 1. The van der Waals surface area contributed by atoms with Gasteiger partial charge in [-0.1, -0.05) is 18.2 Å². The van der Waals surface area contributed by atoms with Crippen LogP contribution in [0.15, 0.2) is 48.5 Å². The standard InChI is InChI=1S/C14H14NO2PS/c1-16-14-9-13(17-18-19)8-7-11(14)10-15-12-5-3-2-4-6-12/h2-9,15H,10H2,1H3. The number of ether oxygens (including phenoxy) is 1. The van der Waals surface area contributed by atoms with Crippen LogP contribution in [0.25, 0.3) is 0 Å². The van der Waals surface area contributed by atoms with Crippen LogP contribution >= 0.6 is 7.58 Å². The summed E-state index contributed by atoms with van der Waals surface area (Å²) in [5.74, 6) is 1.51. The summed E-state index contributed by atoms with van der Waals surface area (Å²) in [6, 6.07) is 15.8. The molecule has 0 unspecified atom stereocenters. The van der Waals surface area contributed by atoms with Crippen molar-refractivity contribution in [3.05, 3.63) is 54.1 Å². The van der Waals surface area contributed by atoms with Crippen LogP contribution in [0, 0.1) is 0 Å². The number of anilines is 1. The molecule has 98 valence electrons. The minimum atomic E-state index is 0.461. The van der Waals surface area contributed by atoms with Gasteiger partial charge in [0.05, 0.1) is 7.11 Å². The van der Waals surface area contributed by atoms with Crippen molar-refractivity contribution in [1.29, 1.82) is 0 Å². The first-order chi connectivity index (χ1) is 9.33. The zero-order valence-electron chi connectivity index (χ0n) is 10.5. The molecular formula is C14H14NO2PS. The minimum absolute atomic E-state index is 0.461. The zero-order chi connectivity index (χ0) is 13.5. The Morgan fingerprint density at radius 1 is 1.16 bits per heavy atom. The largest absolute Gasteiger partial charge is 0.496 e. The Morgan fingerprint density at radius 3 is 2.63 bits per heavy atom. The lowest BCUT2D eigenvalue weighted by Gasteiger charge is -2.11. The lowest BCUT2D eigenvalue weighted by atomic mass is 10.2. The number of hydrogen-bond acceptors (Lipinski definition) is 4. The van der Waals surface area contributed by atoms with Gasteiger partial charge in [0, 0.05) is 23.9 Å². The van der Waals surface area contributed by atoms with Gasteiger partial charge in [-0.2, -0.15) is 0 Å². The van der Waals surface area contributed by atoms with Crippen LogP contribution in [0.2, 0.25) is 0 Å². The van der Waals surface area contributed by atoms with Gasteiger partial charge in [-0.05, 0) is 36.1 Å². The van der Waals surface area contributed by atoms with Crippen molar-refractivity contribution in [3.8, 4) is 11.5 Å². The van der Waals surface area contributed by atoms with E-state index < -0.39 is 0 Å². The average Bonchev–Trinajstić information content (AvgIpc) is 2.47. The van der Waals surface area contributed by atoms with E-state index in [0.29, 0.717) is 14.1 Å². The summed E-state index contributed by atoms with van der Waals surface area (Å²) < 4.78 is 10.6. The Balaban J connectivity index is 2.09. The Morgan fingerprint density at radius 2 is 1.95 bits per heavy atom. The van der Waals surface area contributed by atoms with E-state index in [1.165, 1.54) is 0 Å². The normalized spacial score (nSPS) is 10.2. The first kappa shape index (κ1) is 13.8.